The van der Waals surface area contributed by atoms with Crippen molar-refractivity contribution in [1.29, 1.82) is 0 Å². The molecule has 0 N–H and O–H groups in total. The van der Waals surface area contributed by atoms with Gasteiger partial charge in [0.2, 0.25) is 0 Å². The van der Waals surface area contributed by atoms with Gasteiger partial charge in [0.05, 0.1) is 0 Å². The number of rotatable bonds is 3. The number of benzene rings is 1. The van der Waals surface area contributed by atoms with Crippen LogP contribution in [-0.4, -0.2) is 24.0 Å². The molecule has 0 aliphatic carbocycles. The van der Waals surface area contributed by atoms with Crippen molar-refractivity contribution in [1.82, 2.24) is 4.90 Å². The number of likely N-dealkylation sites (tertiary alicyclic amines) is 1. The molecule has 0 saturated carbocycles. The summed E-state index contributed by atoms with van der Waals surface area (Å²) in [5.41, 5.74) is 4.43. The van der Waals surface area contributed by atoms with E-state index in [1.54, 1.807) is 0 Å². The van der Waals surface area contributed by atoms with Crippen molar-refractivity contribution in [3.8, 4) is 0 Å². The highest BCUT2D eigenvalue weighted by Crippen LogP contribution is 2.24. The number of hydrogen-bond donors (Lipinski definition) is 0. The molecule has 1 aliphatic heterocycles. The van der Waals surface area contributed by atoms with E-state index < -0.39 is 0 Å². The second-order valence-corrected chi connectivity index (χ2v) is 7.53. The molecule has 0 amide bonds. The third kappa shape index (κ3) is 4.44. The lowest BCUT2D eigenvalue weighted by Gasteiger charge is -2.33. The Bertz CT molecular complexity index is 470. The normalized spacial score (nSPS) is 19.6. The van der Waals surface area contributed by atoms with E-state index in [0.717, 1.165) is 0 Å². The molecule has 0 aromatic heterocycles. The fourth-order valence-corrected chi connectivity index (χ4v) is 3.06. The molecular weight excluding hydrogens is 254 g/mol. The highest BCUT2D eigenvalue weighted by atomic mass is 15.2. The molecule has 2 rings (SSSR count). The zero-order chi connectivity index (χ0) is 15.5. The first kappa shape index (κ1) is 16.3. The minimum atomic E-state index is 0.235. The lowest BCUT2D eigenvalue weighted by Crippen LogP contribution is -2.37. The van der Waals surface area contributed by atoms with Crippen LogP contribution < -0.4 is 0 Å². The van der Waals surface area contributed by atoms with Gasteiger partial charge in [-0.05, 0) is 56.3 Å². The van der Waals surface area contributed by atoms with E-state index in [2.05, 4.69) is 69.9 Å². The van der Waals surface area contributed by atoms with E-state index >= 15 is 0 Å². The fraction of sp³-hybridized carbons (Fsp3) is 0.600. The van der Waals surface area contributed by atoms with Crippen molar-refractivity contribution in [2.45, 2.75) is 65.3 Å². The monoisotopic (exact) mass is 285 g/mol. The Labute approximate surface area is 131 Å². The molecule has 1 aliphatic rings. The molecule has 0 bridgehead atoms. The van der Waals surface area contributed by atoms with E-state index in [-0.39, 0.29) is 5.41 Å². The average molecular weight is 285 g/mol. The van der Waals surface area contributed by atoms with E-state index in [1.807, 2.05) is 0 Å². The molecule has 1 saturated heterocycles. The van der Waals surface area contributed by atoms with Crippen LogP contribution in [0.1, 0.15) is 65.0 Å². The van der Waals surface area contributed by atoms with Crippen LogP contribution >= 0.6 is 0 Å². The van der Waals surface area contributed by atoms with Gasteiger partial charge in [0, 0.05) is 6.04 Å². The number of nitrogens with zero attached hydrogens (tertiary/aromatic N) is 1. The molecule has 1 fully saturated rings. The number of hydrogen-bond acceptors (Lipinski definition) is 1. The zero-order valence-electron chi connectivity index (χ0n) is 14.4. The third-order valence-corrected chi connectivity index (χ3v) is 4.77. The summed E-state index contributed by atoms with van der Waals surface area (Å²) in [4.78, 5) is 2.62. The Morgan fingerprint density at radius 2 is 1.62 bits per heavy atom. The molecule has 0 spiro atoms. The van der Waals surface area contributed by atoms with Crippen LogP contribution in [0.4, 0.5) is 0 Å². The highest BCUT2D eigenvalue weighted by molar-refractivity contribution is 5.54. The molecule has 0 radical (unpaired) electrons. The van der Waals surface area contributed by atoms with Crippen LogP contribution in [0.3, 0.4) is 0 Å². The maximum atomic E-state index is 2.62. The second kappa shape index (κ2) is 6.79. The van der Waals surface area contributed by atoms with Crippen molar-refractivity contribution in [3.63, 3.8) is 0 Å². The summed E-state index contributed by atoms with van der Waals surface area (Å²) in [6.45, 7) is 13.9. The van der Waals surface area contributed by atoms with Crippen LogP contribution in [0.2, 0.25) is 0 Å². The molecule has 116 valence electrons. The zero-order valence-corrected chi connectivity index (χ0v) is 14.4. The minimum absolute atomic E-state index is 0.235. The molecule has 1 atom stereocenters. The van der Waals surface area contributed by atoms with Crippen LogP contribution in [0.5, 0.6) is 0 Å². The fourth-order valence-electron chi connectivity index (χ4n) is 3.06. The van der Waals surface area contributed by atoms with Gasteiger partial charge < -0.3 is 0 Å². The van der Waals surface area contributed by atoms with Crippen molar-refractivity contribution < 1.29 is 0 Å². The van der Waals surface area contributed by atoms with Gasteiger partial charge in [0.25, 0.3) is 0 Å². The summed E-state index contributed by atoms with van der Waals surface area (Å²) in [6.07, 6.45) is 6.47. The van der Waals surface area contributed by atoms with Gasteiger partial charge in [-0.15, -0.1) is 0 Å². The predicted octanol–water partition coefficient (Wildman–Crippen LogP) is 5.26. The second-order valence-electron chi connectivity index (χ2n) is 7.53. The van der Waals surface area contributed by atoms with Crippen molar-refractivity contribution >= 4 is 6.08 Å². The Balaban J connectivity index is 2.07. The van der Waals surface area contributed by atoms with E-state index in [4.69, 9.17) is 0 Å². The summed E-state index contributed by atoms with van der Waals surface area (Å²) in [6, 6.07) is 9.61. The van der Waals surface area contributed by atoms with Crippen LogP contribution in [0.15, 0.2) is 29.8 Å². The minimum Gasteiger partial charge on any atom is -0.297 e. The summed E-state index contributed by atoms with van der Waals surface area (Å²) >= 11 is 0. The molecule has 1 heterocycles. The van der Waals surface area contributed by atoms with Crippen molar-refractivity contribution in [3.05, 3.63) is 41.0 Å². The maximum Gasteiger partial charge on any atom is 0.0279 e. The summed E-state index contributed by atoms with van der Waals surface area (Å²) in [5.74, 6) is 0. The van der Waals surface area contributed by atoms with E-state index in [1.165, 1.54) is 49.1 Å². The van der Waals surface area contributed by atoms with Gasteiger partial charge in [0.15, 0.2) is 0 Å². The van der Waals surface area contributed by atoms with E-state index in [9.17, 15) is 0 Å². The highest BCUT2D eigenvalue weighted by Gasteiger charge is 2.17. The smallest absolute Gasteiger partial charge is 0.0279 e. The number of piperidine rings is 1. The molecule has 1 nitrogen and oxygen atoms in total. The van der Waals surface area contributed by atoms with Gasteiger partial charge in [-0.3, -0.25) is 4.90 Å². The summed E-state index contributed by atoms with van der Waals surface area (Å²) in [7, 11) is 0. The topological polar surface area (TPSA) is 3.24 Å². The quantitative estimate of drug-likeness (QED) is 0.732. The van der Waals surface area contributed by atoms with Gasteiger partial charge >= 0.3 is 0 Å². The first-order chi connectivity index (χ1) is 9.88. The van der Waals surface area contributed by atoms with Crippen molar-refractivity contribution in [2.75, 3.05) is 13.1 Å². The van der Waals surface area contributed by atoms with Gasteiger partial charge in [0.1, 0.15) is 0 Å². The molecule has 1 aromatic rings. The Hall–Kier alpha value is -1.08. The standard InChI is InChI=1S/C20H31N/c1-16(17(2)21-13-7-6-8-14-21)15-18-9-11-19(12-10-18)20(3,4)5/h9-12,15,17H,6-8,13-14H2,1-5H3. The average Bonchev–Trinajstić information content (AvgIpc) is 2.47. The van der Waals surface area contributed by atoms with Gasteiger partial charge in [-0.25, -0.2) is 0 Å². The summed E-state index contributed by atoms with van der Waals surface area (Å²) in [5, 5.41) is 0. The molecule has 1 aromatic carbocycles. The first-order valence-corrected chi connectivity index (χ1v) is 8.41. The largest absolute Gasteiger partial charge is 0.297 e. The lowest BCUT2D eigenvalue weighted by molar-refractivity contribution is 0.195. The Kier molecular flexibility index (Phi) is 5.27. The van der Waals surface area contributed by atoms with Gasteiger partial charge in [-0.2, -0.15) is 0 Å². The molecule has 1 heteroatoms. The predicted molar refractivity (Wildman–Crippen MR) is 93.7 cm³/mol. The van der Waals surface area contributed by atoms with Crippen LogP contribution in [0.25, 0.3) is 6.08 Å². The molecule has 1 unspecified atom stereocenters. The van der Waals surface area contributed by atoms with E-state index in [0.29, 0.717) is 6.04 Å². The van der Waals surface area contributed by atoms with Crippen LogP contribution in [-0.2, 0) is 5.41 Å². The van der Waals surface area contributed by atoms with Crippen molar-refractivity contribution in [2.24, 2.45) is 0 Å². The maximum absolute atomic E-state index is 2.62. The Morgan fingerprint density at radius 1 is 1.05 bits per heavy atom. The van der Waals surface area contributed by atoms with Gasteiger partial charge in [-0.1, -0.05) is 63.1 Å². The molecule has 21 heavy (non-hydrogen) atoms. The summed E-state index contributed by atoms with van der Waals surface area (Å²) < 4.78 is 0. The molecular formula is C20H31N. The Morgan fingerprint density at radius 3 is 2.14 bits per heavy atom. The first-order valence-electron chi connectivity index (χ1n) is 8.41. The lowest BCUT2D eigenvalue weighted by atomic mass is 9.86. The third-order valence-electron chi connectivity index (χ3n) is 4.77. The van der Waals surface area contributed by atoms with Crippen LogP contribution in [0, 0.1) is 0 Å². The SMILES string of the molecule is CC(=Cc1ccc(C(C)(C)C)cc1)C(C)N1CCCCC1.